The van der Waals surface area contributed by atoms with E-state index in [1.807, 2.05) is 20.8 Å². The number of tetrazole rings is 1. The highest BCUT2D eigenvalue weighted by Gasteiger charge is 2.21. The molecular weight excluding hydrogens is 293 g/mol. The van der Waals surface area contributed by atoms with Crippen molar-refractivity contribution in [3.8, 4) is 0 Å². The van der Waals surface area contributed by atoms with Gasteiger partial charge >= 0.3 is 5.97 Å². The molecule has 2 aromatic rings. The fourth-order valence-electron chi connectivity index (χ4n) is 1.52. The van der Waals surface area contributed by atoms with Gasteiger partial charge in [0.25, 0.3) is 11.7 Å². The first kappa shape index (κ1) is 15.5. The number of anilines is 1. The summed E-state index contributed by atoms with van der Waals surface area (Å²) in [7, 11) is 0. The zero-order chi connectivity index (χ0) is 16.5. The van der Waals surface area contributed by atoms with Crippen molar-refractivity contribution in [3.63, 3.8) is 0 Å². The third-order valence-electron chi connectivity index (χ3n) is 2.68. The average molecular weight is 307 g/mol. The van der Waals surface area contributed by atoms with E-state index in [2.05, 4.69) is 20.7 Å². The van der Waals surface area contributed by atoms with E-state index >= 15 is 0 Å². The highest BCUT2D eigenvalue weighted by molar-refractivity contribution is 6.02. The number of rotatable bonds is 3. The molecule has 2 rings (SSSR count). The van der Waals surface area contributed by atoms with Gasteiger partial charge in [-0.05, 0) is 44.2 Å². The molecule has 116 valence electrons. The van der Waals surface area contributed by atoms with Crippen LogP contribution >= 0.6 is 0 Å². The maximum Gasteiger partial charge on any atom is 0.335 e. The number of nitrogens with one attached hydrogen (secondary N) is 1. The van der Waals surface area contributed by atoms with Crippen molar-refractivity contribution in [1.82, 2.24) is 20.2 Å². The zero-order valence-corrected chi connectivity index (χ0v) is 12.2. The molecular formula is C13H14FN5O3. The number of carboxylic acid groups (broad SMARTS) is 1. The van der Waals surface area contributed by atoms with Crippen LogP contribution in [0.4, 0.5) is 10.1 Å². The predicted octanol–water partition coefficient (Wildman–Crippen LogP) is 1.52. The molecule has 0 aliphatic rings. The van der Waals surface area contributed by atoms with Crippen LogP contribution in [0.15, 0.2) is 18.2 Å². The molecule has 0 aliphatic heterocycles. The summed E-state index contributed by atoms with van der Waals surface area (Å²) < 4.78 is 13.6. The highest BCUT2D eigenvalue weighted by atomic mass is 19.1. The molecule has 0 bridgehead atoms. The third-order valence-corrected chi connectivity index (χ3v) is 2.68. The Bertz CT molecular complexity index is 736. The molecule has 22 heavy (non-hydrogen) atoms. The summed E-state index contributed by atoms with van der Waals surface area (Å²) in [6.45, 7) is 5.48. The molecule has 9 heteroatoms. The van der Waals surface area contributed by atoms with Crippen LogP contribution in [0.1, 0.15) is 41.7 Å². The fourth-order valence-corrected chi connectivity index (χ4v) is 1.52. The number of nitrogens with zero attached hydrogens (tertiary/aromatic N) is 4. The Morgan fingerprint density at radius 3 is 2.55 bits per heavy atom. The SMILES string of the molecule is CC(C)(C)n1nnc(C(=O)Nc2cc(C(=O)O)ccc2F)n1. The smallest absolute Gasteiger partial charge is 0.335 e. The van der Waals surface area contributed by atoms with Gasteiger partial charge in [-0.2, -0.15) is 4.80 Å². The summed E-state index contributed by atoms with van der Waals surface area (Å²) >= 11 is 0. The standard InChI is InChI=1S/C13H14FN5O3/c1-13(2,3)19-17-10(16-18-19)11(20)15-9-6-7(12(21)22)4-5-8(9)14/h4-6H,1-3H3,(H,15,20)(H,21,22). The van der Waals surface area contributed by atoms with E-state index in [1.165, 1.54) is 4.80 Å². The summed E-state index contributed by atoms with van der Waals surface area (Å²) in [5.41, 5.74) is -0.875. The molecule has 8 nitrogen and oxygen atoms in total. The molecule has 0 saturated carbocycles. The lowest BCUT2D eigenvalue weighted by atomic mass is 10.1. The first-order valence-electron chi connectivity index (χ1n) is 6.33. The van der Waals surface area contributed by atoms with Crippen molar-refractivity contribution in [2.75, 3.05) is 5.32 Å². The molecule has 1 heterocycles. The summed E-state index contributed by atoms with van der Waals surface area (Å²) in [4.78, 5) is 24.1. The Morgan fingerprint density at radius 2 is 2.00 bits per heavy atom. The van der Waals surface area contributed by atoms with Crippen LogP contribution in [-0.2, 0) is 5.54 Å². The monoisotopic (exact) mass is 307 g/mol. The Morgan fingerprint density at radius 1 is 1.32 bits per heavy atom. The van der Waals surface area contributed by atoms with Crippen LogP contribution in [0.5, 0.6) is 0 Å². The first-order valence-corrected chi connectivity index (χ1v) is 6.33. The maximum atomic E-state index is 13.6. The van der Waals surface area contributed by atoms with E-state index in [4.69, 9.17) is 5.11 Å². The number of carbonyl (C=O) groups excluding carboxylic acids is 1. The fraction of sp³-hybridized carbons (Fsp3) is 0.308. The number of aromatic nitrogens is 4. The van der Waals surface area contributed by atoms with Gasteiger partial charge in [-0.1, -0.05) is 0 Å². The Kier molecular flexibility index (Phi) is 3.89. The molecule has 0 unspecified atom stereocenters. The van der Waals surface area contributed by atoms with Crippen molar-refractivity contribution in [2.24, 2.45) is 0 Å². The second-order valence-electron chi connectivity index (χ2n) is 5.53. The third kappa shape index (κ3) is 3.25. The van der Waals surface area contributed by atoms with E-state index in [9.17, 15) is 14.0 Å². The summed E-state index contributed by atoms with van der Waals surface area (Å²) in [5.74, 6) is -3.01. The number of hydrogen-bond acceptors (Lipinski definition) is 5. The van der Waals surface area contributed by atoms with Crippen LogP contribution < -0.4 is 5.32 Å². The van der Waals surface area contributed by atoms with E-state index in [0.717, 1.165) is 18.2 Å². The first-order chi connectivity index (χ1) is 10.2. The minimum Gasteiger partial charge on any atom is -0.478 e. The van der Waals surface area contributed by atoms with Gasteiger partial charge in [-0.25, -0.2) is 9.18 Å². The molecule has 0 spiro atoms. The van der Waals surface area contributed by atoms with Crippen molar-refractivity contribution in [2.45, 2.75) is 26.3 Å². The topological polar surface area (TPSA) is 110 Å². The molecule has 2 N–H and O–H groups in total. The van der Waals surface area contributed by atoms with Crippen molar-refractivity contribution < 1.29 is 19.1 Å². The summed E-state index contributed by atoms with van der Waals surface area (Å²) in [6.07, 6.45) is 0. The molecule has 0 radical (unpaired) electrons. The normalized spacial score (nSPS) is 11.3. The van der Waals surface area contributed by atoms with Gasteiger partial charge in [-0.3, -0.25) is 4.79 Å². The molecule has 0 saturated heterocycles. The molecule has 0 atom stereocenters. The molecule has 0 aliphatic carbocycles. The van der Waals surface area contributed by atoms with Crippen molar-refractivity contribution in [1.29, 1.82) is 0 Å². The lowest BCUT2D eigenvalue weighted by Crippen LogP contribution is -2.25. The van der Waals surface area contributed by atoms with E-state index in [1.54, 1.807) is 0 Å². The van der Waals surface area contributed by atoms with Crippen LogP contribution in [0.25, 0.3) is 0 Å². The van der Waals surface area contributed by atoms with Crippen molar-refractivity contribution in [3.05, 3.63) is 35.4 Å². The molecule has 1 aromatic heterocycles. The number of aromatic carboxylic acids is 1. The lowest BCUT2D eigenvalue weighted by Gasteiger charge is -2.15. The number of halogens is 1. The van der Waals surface area contributed by atoms with Gasteiger partial charge in [-0.15, -0.1) is 10.2 Å². The number of hydrogen-bond donors (Lipinski definition) is 2. The zero-order valence-electron chi connectivity index (χ0n) is 12.2. The van der Waals surface area contributed by atoms with Gasteiger partial charge in [0.2, 0.25) is 0 Å². The van der Waals surface area contributed by atoms with Crippen LogP contribution in [-0.4, -0.2) is 37.2 Å². The second-order valence-corrected chi connectivity index (χ2v) is 5.53. The van der Waals surface area contributed by atoms with Crippen LogP contribution in [0.2, 0.25) is 0 Å². The van der Waals surface area contributed by atoms with Gasteiger partial charge in [0.05, 0.1) is 16.8 Å². The summed E-state index contributed by atoms with van der Waals surface area (Å²) in [5, 5.41) is 22.4. The highest BCUT2D eigenvalue weighted by Crippen LogP contribution is 2.17. The number of carboxylic acids is 1. The summed E-state index contributed by atoms with van der Waals surface area (Å²) in [6, 6.07) is 3.07. The largest absolute Gasteiger partial charge is 0.478 e. The minimum absolute atomic E-state index is 0.150. The van der Waals surface area contributed by atoms with Gasteiger partial charge in [0.1, 0.15) is 5.82 Å². The Balaban J connectivity index is 2.24. The Hall–Kier alpha value is -2.84. The quantitative estimate of drug-likeness (QED) is 0.889. The minimum atomic E-state index is -1.23. The van der Waals surface area contributed by atoms with Gasteiger partial charge < -0.3 is 10.4 Å². The maximum absolute atomic E-state index is 13.6. The predicted molar refractivity (Wildman–Crippen MR) is 74.1 cm³/mol. The van der Waals surface area contributed by atoms with Crippen LogP contribution in [0.3, 0.4) is 0 Å². The van der Waals surface area contributed by atoms with E-state index in [-0.39, 0.29) is 17.1 Å². The second kappa shape index (κ2) is 5.51. The molecule has 1 aromatic carbocycles. The van der Waals surface area contributed by atoms with Gasteiger partial charge in [0.15, 0.2) is 0 Å². The van der Waals surface area contributed by atoms with E-state index < -0.39 is 23.2 Å². The number of amides is 1. The van der Waals surface area contributed by atoms with Gasteiger partial charge in [0, 0.05) is 0 Å². The van der Waals surface area contributed by atoms with Crippen molar-refractivity contribution >= 4 is 17.6 Å². The average Bonchev–Trinajstić information content (AvgIpc) is 2.90. The number of benzene rings is 1. The lowest BCUT2D eigenvalue weighted by molar-refractivity contribution is 0.0696. The van der Waals surface area contributed by atoms with Crippen LogP contribution in [0, 0.1) is 5.82 Å². The van der Waals surface area contributed by atoms with E-state index in [0.29, 0.717) is 0 Å². The molecule has 1 amide bonds. The number of carbonyl (C=O) groups is 2. The molecule has 0 fully saturated rings. The Labute approximate surface area is 124 Å².